The predicted octanol–water partition coefficient (Wildman–Crippen LogP) is 3.40. The lowest BCUT2D eigenvalue weighted by Crippen LogP contribution is -2.23. The van der Waals surface area contributed by atoms with Crippen molar-refractivity contribution in [3.05, 3.63) is 29.3 Å². The molecule has 7 heteroatoms. The van der Waals surface area contributed by atoms with E-state index in [9.17, 15) is 4.79 Å². The van der Waals surface area contributed by atoms with Gasteiger partial charge in [-0.2, -0.15) is 0 Å². The van der Waals surface area contributed by atoms with Crippen LogP contribution >= 0.6 is 11.8 Å². The van der Waals surface area contributed by atoms with E-state index in [0.717, 1.165) is 36.5 Å². The van der Waals surface area contributed by atoms with Crippen LogP contribution in [0.3, 0.4) is 0 Å². The molecule has 2 aromatic rings. The third-order valence-corrected chi connectivity index (χ3v) is 6.20. The molecule has 1 saturated carbocycles. The van der Waals surface area contributed by atoms with Crippen molar-refractivity contribution in [1.82, 2.24) is 20.2 Å². The Morgan fingerprint density at radius 1 is 1.24 bits per heavy atom. The minimum absolute atomic E-state index is 0.0103. The number of benzene rings is 1. The van der Waals surface area contributed by atoms with Crippen LogP contribution in [0.15, 0.2) is 23.4 Å². The highest BCUT2D eigenvalue weighted by Crippen LogP contribution is 2.32. The van der Waals surface area contributed by atoms with Gasteiger partial charge in [-0.3, -0.25) is 4.79 Å². The van der Waals surface area contributed by atoms with Crippen LogP contribution in [0.25, 0.3) is 0 Å². The molecule has 0 unspecified atom stereocenters. The first-order valence-corrected chi connectivity index (χ1v) is 9.96. The van der Waals surface area contributed by atoms with Gasteiger partial charge in [-0.25, -0.2) is 4.68 Å². The maximum Gasteiger partial charge on any atom is 0.237 e. The molecule has 1 aromatic carbocycles. The normalized spacial score (nSPS) is 18.3. The third-order valence-electron chi connectivity index (χ3n) is 5.15. The monoisotopic (exact) mass is 357 g/mol. The summed E-state index contributed by atoms with van der Waals surface area (Å²) in [6.45, 7) is 1.90. The number of nitrogens with zero attached hydrogens (tertiary/aromatic N) is 4. The first-order valence-electron chi connectivity index (χ1n) is 9.08. The van der Waals surface area contributed by atoms with Crippen LogP contribution in [0.4, 0.5) is 5.69 Å². The molecule has 1 fully saturated rings. The number of hydrogen-bond acceptors (Lipinski definition) is 5. The Bertz CT molecular complexity index is 769. The Balaban J connectivity index is 1.40. The number of nitrogens with one attached hydrogen (secondary N) is 1. The van der Waals surface area contributed by atoms with Crippen LogP contribution in [0, 0.1) is 0 Å². The fourth-order valence-corrected chi connectivity index (χ4v) is 4.61. The lowest BCUT2D eigenvalue weighted by atomic mass is 10.1. The lowest BCUT2D eigenvalue weighted by molar-refractivity contribution is -0.115. The smallest absolute Gasteiger partial charge is 0.237 e. The molecule has 132 valence electrons. The molecule has 0 spiro atoms. The standard InChI is InChI=1S/C18H23N5OS/c1-12(25-18-20-21-22-23(18)16-7-2-3-8-16)17(24)19-15-10-9-13-5-4-6-14(13)11-15/h9-12,16H,2-8H2,1H3,(H,19,24)/t12-/m0/s1. The summed E-state index contributed by atoms with van der Waals surface area (Å²) in [5.41, 5.74) is 3.66. The molecule has 6 nitrogen and oxygen atoms in total. The number of anilines is 1. The predicted molar refractivity (Wildman–Crippen MR) is 97.7 cm³/mol. The van der Waals surface area contributed by atoms with E-state index in [1.54, 1.807) is 0 Å². The number of fused-ring (bicyclic) bond motifs is 1. The van der Waals surface area contributed by atoms with E-state index in [4.69, 9.17) is 0 Å². The first-order chi connectivity index (χ1) is 12.2. The summed E-state index contributed by atoms with van der Waals surface area (Å²) >= 11 is 1.43. The Hall–Kier alpha value is -1.89. The van der Waals surface area contributed by atoms with Crippen molar-refractivity contribution in [2.45, 2.75) is 68.3 Å². The second-order valence-electron chi connectivity index (χ2n) is 6.93. The zero-order valence-corrected chi connectivity index (χ0v) is 15.3. The van der Waals surface area contributed by atoms with Gasteiger partial charge in [-0.05, 0) is 72.7 Å². The molecule has 1 amide bonds. The van der Waals surface area contributed by atoms with Crippen LogP contribution in [0.1, 0.15) is 56.2 Å². The number of aromatic nitrogens is 4. The highest BCUT2D eigenvalue weighted by Gasteiger charge is 2.25. The second kappa shape index (κ2) is 7.15. The minimum atomic E-state index is -0.251. The summed E-state index contributed by atoms with van der Waals surface area (Å²) in [6, 6.07) is 6.63. The van der Waals surface area contributed by atoms with E-state index in [-0.39, 0.29) is 11.2 Å². The number of thioether (sulfide) groups is 1. The van der Waals surface area contributed by atoms with E-state index in [1.807, 2.05) is 17.7 Å². The minimum Gasteiger partial charge on any atom is -0.325 e. The molecular weight excluding hydrogens is 334 g/mol. The quantitative estimate of drug-likeness (QED) is 0.830. The van der Waals surface area contributed by atoms with E-state index in [2.05, 4.69) is 33.0 Å². The summed E-state index contributed by atoms with van der Waals surface area (Å²) in [5, 5.41) is 15.6. The average molecular weight is 357 g/mol. The van der Waals surface area contributed by atoms with E-state index >= 15 is 0 Å². The molecule has 1 aromatic heterocycles. The van der Waals surface area contributed by atoms with Gasteiger partial charge in [0, 0.05) is 5.69 Å². The van der Waals surface area contributed by atoms with E-state index in [0.29, 0.717) is 6.04 Å². The molecule has 2 aliphatic rings. The Morgan fingerprint density at radius 3 is 2.88 bits per heavy atom. The van der Waals surface area contributed by atoms with Crippen molar-refractivity contribution in [2.24, 2.45) is 0 Å². The number of carbonyl (C=O) groups is 1. The van der Waals surface area contributed by atoms with Gasteiger partial charge in [0.05, 0.1) is 11.3 Å². The summed E-state index contributed by atoms with van der Waals surface area (Å²) < 4.78 is 1.90. The molecule has 0 radical (unpaired) electrons. The summed E-state index contributed by atoms with van der Waals surface area (Å²) in [6.07, 6.45) is 8.16. The number of rotatable bonds is 5. The zero-order valence-electron chi connectivity index (χ0n) is 14.4. The first kappa shape index (κ1) is 16.6. The SMILES string of the molecule is C[C@H](Sc1nnnn1C1CCCC1)C(=O)Nc1ccc2c(c1)CCC2. The molecule has 2 aliphatic carbocycles. The Kier molecular flexibility index (Phi) is 4.74. The van der Waals surface area contributed by atoms with Crippen LogP contribution in [0.2, 0.25) is 0 Å². The van der Waals surface area contributed by atoms with Crippen molar-refractivity contribution >= 4 is 23.4 Å². The number of tetrazole rings is 1. The van der Waals surface area contributed by atoms with Gasteiger partial charge in [-0.15, -0.1) is 5.10 Å². The van der Waals surface area contributed by atoms with Gasteiger partial charge in [0.2, 0.25) is 11.1 Å². The van der Waals surface area contributed by atoms with Gasteiger partial charge < -0.3 is 5.32 Å². The summed E-state index contributed by atoms with van der Waals surface area (Å²) in [5.74, 6) is -0.0103. The third kappa shape index (κ3) is 3.56. The Labute approximate surface area is 151 Å². The molecule has 0 saturated heterocycles. The van der Waals surface area contributed by atoms with Crippen molar-refractivity contribution < 1.29 is 4.79 Å². The largest absolute Gasteiger partial charge is 0.325 e. The van der Waals surface area contributed by atoms with Crippen LogP contribution < -0.4 is 5.32 Å². The molecule has 0 bridgehead atoms. The van der Waals surface area contributed by atoms with E-state index < -0.39 is 0 Å². The van der Waals surface area contributed by atoms with Crippen molar-refractivity contribution in [3.63, 3.8) is 0 Å². The number of amides is 1. The molecule has 1 atom stereocenters. The molecule has 1 N–H and O–H groups in total. The topological polar surface area (TPSA) is 72.7 Å². The lowest BCUT2D eigenvalue weighted by Gasteiger charge is -2.14. The number of hydrogen-bond donors (Lipinski definition) is 1. The summed E-state index contributed by atoms with van der Waals surface area (Å²) in [7, 11) is 0. The van der Waals surface area contributed by atoms with Crippen molar-refractivity contribution in [1.29, 1.82) is 0 Å². The van der Waals surface area contributed by atoms with Crippen LogP contribution in [0.5, 0.6) is 0 Å². The van der Waals surface area contributed by atoms with Gasteiger partial charge >= 0.3 is 0 Å². The van der Waals surface area contributed by atoms with E-state index in [1.165, 1.54) is 42.2 Å². The average Bonchev–Trinajstić information content (AvgIpc) is 3.35. The Morgan fingerprint density at radius 2 is 2.04 bits per heavy atom. The van der Waals surface area contributed by atoms with Crippen LogP contribution in [-0.4, -0.2) is 31.4 Å². The van der Waals surface area contributed by atoms with Gasteiger partial charge in [0.25, 0.3) is 0 Å². The second-order valence-corrected chi connectivity index (χ2v) is 8.24. The maximum atomic E-state index is 12.6. The highest BCUT2D eigenvalue weighted by atomic mass is 32.2. The molecule has 4 rings (SSSR count). The molecule has 1 heterocycles. The van der Waals surface area contributed by atoms with Gasteiger partial charge in [0.1, 0.15) is 0 Å². The zero-order chi connectivity index (χ0) is 17.2. The van der Waals surface area contributed by atoms with Gasteiger partial charge in [-0.1, -0.05) is 30.7 Å². The fraction of sp³-hybridized carbons (Fsp3) is 0.556. The molecule has 25 heavy (non-hydrogen) atoms. The fourth-order valence-electron chi connectivity index (χ4n) is 3.75. The van der Waals surface area contributed by atoms with Crippen molar-refractivity contribution in [2.75, 3.05) is 5.32 Å². The van der Waals surface area contributed by atoms with Crippen LogP contribution in [-0.2, 0) is 17.6 Å². The molecule has 0 aliphatic heterocycles. The number of carbonyl (C=O) groups excluding carboxylic acids is 1. The van der Waals surface area contributed by atoms with Crippen molar-refractivity contribution in [3.8, 4) is 0 Å². The molecular formula is C18H23N5OS. The summed E-state index contributed by atoms with van der Waals surface area (Å²) in [4.78, 5) is 12.6. The maximum absolute atomic E-state index is 12.6. The van der Waals surface area contributed by atoms with Gasteiger partial charge in [0.15, 0.2) is 0 Å². The highest BCUT2D eigenvalue weighted by molar-refractivity contribution is 8.00. The number of aryl methyl sites for hydroxylation is 2.